The predicted molar refractivity (Wildman–Crippen MR) is 118 cm³/mol. The molecular formula is C21H22N6O3S. The zero-order chi connectivity index (χ0) is 22.1. The predicted octanol–water partition coefficient (Wildman–Crippen LogP) is 3.94. The van der Waals surface area contributed by atoms with Gasteiger partial charge in [-0.25, -0.2) is 14.5 Å². The fourth-order valence-corrected chi connectivity index (χ4v) is 3.73. The first-order chi connectivity index (χ1) is 14.8. The van der Waals surface area contributed by atoms with Crippen LogP contribution in [-0.2, 0) is 9.53 Å². The lowest BCUT2D eigenvalue weighted by molar-refractivity contribution is -0.119. The summed E-state index contributed by atoms with van der Waals surface area (Å²) in [5.74, 6) is -0.940. The quantitative estimate of drug-likeness (QED) is 0.454. The molecule has 0 bridgehead atoms. The Kier molecular flexibility index (Phi) is 5.64. The molecule has 1 aromatic carbocycles. The first kappa shape index (κ1) is 20.9. The highest BCUT2D eigenvalue weighted by Crippen LogP contribution is 2.25. The van der Waals surface area contributed by atoms with Gasteiger partial charge in [0.2, 0.25) is 0 Å². The van der Waals surface area contributed by atoms with Crippen LogP contribution in [0.5, 0.6) is 0 Å². The molecule has 0 spiro atoms. The number of rotatable bonds is 6. The van der Waals surface area contributed by atoms with E-state index in [0.717, 1.165) is 17.4 Å². The van der Waals surface area contributed by atoms with Crippen molar-refractivity contribution in [2.75, 3.05) is 11.9 Å². The summed E-state index contributed by atoms with van der Waals surface area (Å²) < 4.78 is 15.4. The van der Waals surface area contributed by atoms with Crippen molar-refractivity contribution in [3.63, 3.8) is 0 Å². The normalized spacial score (nSPS) is 11.5. The number of hydrogen-bond acceptors (Lipinski definition) is 8. The highest BCUT2D eigenvalue weighted by atomic mass is 32.1. The van der Waals surface area contributed by atoms with Crippen LogP contribution in [0.25, 0.3) is 22.1 Å². The van der Waals surface area contributed by atoms with Gasteiger partial charge in [-0.1, -0.05) is 19.9 Å². The molecular weight excluding hydrogens is 416 g/mol. The molecule has 0 aliphatic rings. The maximum Gasteiger partial charge on any atom is 0.339 e. The zero-order valence-corrected chi connectivity index (χ0v) is 18.4. The molecule has 1 N–H and O–H groups in total. The van der Waals surface area contributed by atoms with Gasteiger partial charge in [-0.2, -0.15) is 13.8 Å². The van der Waals surface area contributed by atoms with Crippen molar-refractivity contribution in [1.29, 1.82) is 0 Å². The van der Waals surface area contributed by atoms with Crippen molar-refractivity contribution in [2.45, 2.75) is 39.7 Å². The summed E-state index contributed by atoms with van der Waals surface area (Å²) in [6.45, 7) is 7.57. The molecule has 0 saturated heterocycles. The van der Waals surface area contributed by atoms with E-state index in [1.54, 1.807) is 29.1 Å². The van der Waals surface area contributed by atoms with E-state index >= 15 is 0 Å². The summed E-state index contributed by atoms with van der Waals surface area (Å²) in [4.78, 5) is 29.9. The molecule has 160 valence electrons. The molecule has 4 aromatic rings. The SMILES string of the molecule is CC(C)c1cc(C(=O)OCC(=O)Nc2cccc3nsnc23)c2cnn(C(C)C)c2n1. The van der Waals surface area contributed by atoms with Crippen LogP contribution in [0.4, 0.5) is 5.69 Å². The lowest BCUT2D eigenvalue weighted by atomic mass is 10.1. The summed E-state index contributed by atoms with van der Waals surface area (Å²) in [5.41, 5.74) is 3.56. The number of carbonyl (C=O) groups is 2. The Bertz CT molecular complexity index is 1280. The van der Waals surface area contributed by atoms with E-state index < -0.39 is 18.5 Å². The van der Waals surface area contributed by atoms with Crippen LogP contribution in [0.3, 0.4) is 0 Å². The summed E-state index contributed by atoms with van der Waals surface area (Å²) in [6.07, 6.45) is 1.61. The molecule has 0 aliphatic carbocycles. The fourth-order valence-electron chi connectivity index (χ4n) is 3.18. The van der Waals surface area contributed by atoms with Crippen LogP contribution in [0, 0.1) is 0 Å². The van der Waals surface area contributed by atoms with Gasteiger partial charge in [0, 0.05) is 11.7 Å². The summed E-state index contributed by atoms with van der Waals surface area (Å²) in [7, 11) is 0. The molecule has 9 nitrogen and oxygen atoms in total. The van der Waals surface area contributed by atoms with Gasteiger partial charge in [0.15, 0.2) is 12.3 Å². The highest BCUT2D eigenvalue weighted by molar-refractivity contribution is 7.00. The lowest BCUT2D eigenvalue weighted by Crippen LogP contribution is -2.21. The molecule has 0 aliphatic heterocycles. The largest absolute Gasteiger partial charge is 0.452 e. The number of nitrogens with zero attached hydrogens (tertiary/aromatic N) is 5. The third kappa shape index (κ3) is 4.11. The van der Waals surface area contributed by atoms with Crippen LogP contribution >= 0.6 is 11.7 Å². The third-order valence-corrected chi connectivity index (χ3v) is 5.32. The Morgan fingerprint density at radius 1 is 1.19 bits per heavy atom. The number of carbonyl (C=O) groups excluding carboxylic acids is 2. The van der Waals surface area contributed by atoms with Gasteiger partial charge in [0.05, 0.1) is 34.6 Å². The van der Waals surface area contributed by atoms with Crippen LogP contribution in [0.15, 0.2) is 30.5 Å². The Balaban J connectivity index is 1.54. The minimum Gasteiger partial charge on any atom is -0.452 e. The smallest absolute Gasteiger partial charge is 0.339 e. The van der Waals surface area contributed by atoms with Crippen molar-refractivity contribution in [2.24, 2.45) is 0 Å². The van der Waals surface area contributed by atoms with Gasteiger partial charge >= 0.3 is 5.97 Å². The molecule has 0 saturated carbocycles. The average Bonchev–Trinajstić information content (AvgIpc) is 3.38. The van der Waals surface area contributed by atoms with Crippen LogP contribution in [0.2, 0.25) is 0 Å². The summed E-state index contributed by atoms with van der Waals surface area (Å²) >= 11 is 1.07. The number of ether oxygens (including phenoxy) is 1. The van der Waals surface area contributed by atoms with E-state index in [4.69, 9.17) is 4.74 Å². The minimum atomic E-state index is -0.596. The first-order valence-corrected chi connectivity index (χ1v) is 10.6. The first-order valence-electron chi connectivity index (χ1n) is 9.91. The van der Waals surface area contributed by atoms with Crippen molar-refractivity contribution >= 4 is 51.4 Å². The van der Waals surface area contributed by atoms with Crippen molar-refractivity contribution in [3.8, 4) is 0 Å². The molecule has 0 atom stereocenters. The minimum absolute atomic E-state index is 0.0879. The second kappa shape index (κ2) is 8.38. The molecule has 1 amide bonds. The second-order valence-corrected chi connectivity index (χ2v) is 8.26. The van der Waals surface area contributed by atoms with Crippen molar-refractivity contribution in [1.82, 2.24) is 23.5 Å². The van der Waals surface area contributed by atoms with E-state index in [9.17, 15) is 9.59 Å². The molecule has 0 radical (unpaired) electrons. The van der Waals surface area contributed by atoms with Gasteiger partial charge < -0.3 is 10.1 Å². The van der Waals surface area contributed by atoms with Gasteiger partial charge in [0.1, 0.15) is 11.0 Å². The van der Waals surface area contributed by atoms with Gasteiger partial charge in [-0.05, 0) is 38.0 Å². The number of hydrogen-bond donors (Lipinski definition) is 1. The Morgan fingerprint density at radius 2 is 2.00 bits per heavy atom. The highest BCUT2D eigenvalue weighted by Gasteiger charge is 2.21. The number of aromatic nitrogens is 5. The molecule has 10 heteroatoms. The zero-order valence-electron chi connectivity index (χ0n) is 17.6. The van der Waals surface area contributed by atoms with Gasteiger partial charge in [-0.3, -0.25) is 4.79 Å². The van der Waals surface area contributed by atoms with E-state index in [1.165, 1.54) is 0 Å². The average molecular weight is 439 g/mol. The maximum atomic E-state index is 12.9. The number of pyridine rings is 1. The topological polar surface area (TPSA) is 112 Å². The lowest BCUT2D eigenvalue weighted by Gasteiger charge is -2.12. The number of benzene rings is 1. The van der Waals surface area contributed by atoms with Crippen LogP contribution in [-0.4, -0.2) is 42.0 Å². The molecule has 31 heavy (non-hydrogen) atoms. The number of anilines is 1. The molecule has 3 heterocycles. The Labute approximate surface area is 182 Å². The van der Waals surface area contributed by atoms with Crippen LogP contribution in [0.1, 0.15) is 55.7 Å². The summed E-state index contributed by atoms with van der Waals surface area (Å²) in [6, 6.07) is 7.11. The molecule has 4 rings (SSSR count). The van der Waals surface area contributed by atoms with E-state index in [1.807, 2.05) is 33.8 Å². The van der Waals surface area contributed by atoms with Crippen molar-refractivity contribution in [3.05, 3.63) is 41.7 Å². The monoisotopic (exact) mass is 438 g/mol. The third-order valence-electron chi connectivity index (χ3n) is 4.78. The van der Waals surface area contributed by atoms with Crippen LogP contribution < -0.4 is 5.32 Å². The Hall–Kier alpha value is -3.40. The number of nitrogens with one attached hydrogen (secondary N) is 1. The maximum absolute atomic E-state index is 12.9. The number of fused-ring (bicyclic) bond motifs is 2. The number of esters is 1. The van der Waals surface area contributed by atoms with E-state index in [2.05, 4.69) is 24.1 Å². The van der Waals surface area contributed by atoms with Gasteiger partial charge in [-0.15, -0.1) is 0 Å². The van der Waals surface area contributed by atoms with E-state index in [0.29, 0.717) is 33.3 Å². The molecule has 0 unspecified atom stereocenters. The number of amides is 1. The molecule has 3 aromatic heterocycles. The summed E-state index contributed by atoms with van der Waals surface area (Å²) in [5, 5.41) is 7.69. The van der Waals surface area contributed by atoms with Gasteiger partial charge in [0.25, 0.3) is 5.91 Å². The van der Waals surface area contributed by atoms with E-state index in [-0.39, 0.29) is 12.0 Å². The Morgan fingerprint density at radius 3 is 2.74 bits per heavy atom. The van der Waals surface area contributed by atoms with Crippen molar-refractivity contribution < 1.29 is 14.3 Å². The second-order valence-electron chi connectivity index (χ2n) is 7.73. The standard InChI is InChI=1S/C21H22N6O3S/c1-11(2)17-8-13(14-9-22-27(12(3)4)20(14)24-17)21(29)30-10-18(28)23-15-6-5-7-16-19(15)26-31-25-16/h5-9,11-12H,10H2,1-4H3,(H,23,28). The molecule has 0 fully saturated rings. The fraction of sp³-hybridized carbons (Fsp3) is 0.333.